The average Bonchev–Trinajstić information content (AvgIpc) is 2.51. The van der Waals surface area contributed by atoms with Crippen LogP contribution in [0.25, 0.3) is 0 Å². The van der Waals surface area contributed by atoms with Gasteiger partial charge >= 0.3 is 0 Å². The molecule has 0 aromatic carbocycles. The van der Waals surface area contributed by atoms with E-state index in [-0.39, 0.29) is 29.1 Å². The van der Waals surface area contributed by atoms with Crippen LogP contribution in [0, 0.1) is 17.8 Å². The Kier molecular flexibility index (Phi) is 5.27. The minimum Gasteiger partial charge on any atom is -0.396 e. The highest BCUT2D eigenvalue weighted by atomic mass is 35.5. The molecule has 1 aliphatic rings. The van der Waals surface area contributed by atoms with Crippen LogP contribution >= 0.6 is 11.6 Å². The molecule has 1 heterocycles. The van der Waals surface area contributed by atoms with Crippen LogP contribution in [0.1, 0.15) is 32.1 Å². The summed E-state index contributed by atoms with van der Waals surface area (Å²) < 4.78 is 1.20. The minimum absolute atomic E-state index is 0.107. The maximum atomic E-state index is 12.2. The van der Waals surface area contributed by atoms with Gasteiger partial charge in [-0.1, -0.05) is 36.8 Å². The molecule has 21 heavy (non-hydrogen) atoms. The number of nitrogens with zero attached hydrogens (tertiary/aromatic N) is 2. The van der Waals surface area contributed by atoms with Gasteiger partial charge in [0.15, 0.2) is 0 Å². The summed E-state index contributed by atoms with van der Waals surface area (Å²) in [4.78, 5) is 12.2. The second-order valence-electron chi connectivity index (χ2n) is 5.61. The summed E-state index contributed by atoms with van der Waals surface area (Å²) >= 11 is 6.06. The van der Waals surface area contributed by atoms with Crippen molar-refractivity contribution in [3.05, 3.63) is 21.6 Å². The van der Waals surface area contributed by atoms with Crippen LogP contribution in [0.4, 0.5) is 5.69 Å². The highest BCUT2D eigenvalue weighted by Gasteiger charge is 2.31. The molecule has 0 radical (unpaired) electrons. The molecule has 114 valence electrons. The molecular formula is C15H20ClN3O2. The number of terminal acetylenes is 1. The SMILES string of the molecule is C#CCn1ncc(Cl)c(NCC2(CO)CCCCC2)c1=O. The Balaban J connectivity index is 2.17. The lowest BCUT2D eigenvalue weighted by atomic mass is 9.74. The quantitative estimate of drug-likeness (QED) is 0.815. The van der Waals surface area contributed by atoms with Crippen LogP contribution in [0.2, 0.25) is 5.02 Å². The molecule has 0 unspecified atom stereocenters. The Morgan fingerprint density at radius 3 is 2.81 bits per heavy atom. The van der Waals surface area contributed by atoms with E-state index in [1.165, 1.54) is 17.3 Å². The zero-order valence-corrected chi connectivity index (χ0v) is 12.7. The standard InChI is InChI=1S/C15H20ClN3O2/c1-2-8-19-14(21)13(12(16)9-18-19)17-10-15(11-20)6-4-3-5-7-15/h1,9,17,20H,3-8,10-11H2. The van der Waals surface area contributed by atoms with Crippen LogP contribution in [0.15, 0.2) is 11.0 Å². The highest BCUT2D eigenvalue weighted by Crippen LogP contribution is 2.36. The molecule has 1 aromatic rings. The van der Waals surface area contributed by atoms with Crippen molar-refractivity contribution in [2.75, 3.05) is 18.5 Å². The summed E-state index contributed by atoms with van der Waals surface area (Å²) in [5.74, 6) is 2.39. The van der Waals surface area contributed by atoms with E-state index in [1.807, 2.05) is 0 Å². The smallest absolute Gasteiger partial charge is 0.292 e. The minimum atomic E-state index is -0.329. The monoisotopic (exact) mass is 309 g/mol. The topological polar surface area (TPSA) is 67.2 Å². The molecule has 0 aliphatic heterocycles. The van der Waals surface area contributed by atoms with Gasteiger partial charge in [-0.2, -0.15) is 5.10 Å². The molecule has 0 bridgehead atoms. The van der Waals surface area contributed by atoms with Gasteiger partial charge in [0.05, 0.1) is 17.8 Å². The van der Waals surface area contributed by atoms with Gasteiger partial charge in [-0.05, 0) is 12.8 Å². The number of anilines is 1. The van der Waals surface area contributed by atoms with Gasteiger partial charge in [0.1, 0.15) is 12.2 Å². The number of hydrogen-bond acceptors (Lipinski definition) is 4. The predicted molar refractivity (Wildman–Crippen MR) is 83.4 cm³/mol. The maximum absolute atomic E-state index is 12.2. The molecular weight excluding hydrogens is 290 g/mol. The second-order valence-corrected chi connectivity index (χ2v) is 6.01. The van der Waals surface area contributed by atoms with Gasteiger partial charge in [0, 0.05) is 12.0 Å². The van der Waals surface area contributed by atoms with Crippen molar-refractivity contribution in [3.63, 3.8) is 0 Å². The second kappa shape index (κ2) is 6.97. The summed E-state index contributed by atoms with van der Waals surface area (Å²) in [5.41, 5.74) is -0.196. The van der Waals surface area contributed by atoms with Crippen molar-refractivity contribution in [1.29, 1.82) is 0 Å². The number of rotatable bonds is 5. The first-order chi connectivity index (χ1) is 10.1. The molecule has 6 heteroatoms. The summed E-state index contributed by atoms with van der Waals surface area (Å²) in [7, 11) is 0. The van der Waals surface area contributed by atoms with Gasteiger partial charge in [-0.3, -0.25) is 4.79 Å². The third-order valence-electron chi connectivity index (χ3n) is 4.13. The average molecular weight is 310 g/mol. The molecule has 5 nitrogen and oxygen atoms in total. The lowest BCUT2D eigenvalue weighted by Gasteiger charge is -2.36. The zero-order chi connectivity index (χ0) is 15.3. The fourth-order valence-electron chi connectivity index (χ4n) is 2.80. The van der Waals surface area contributed by atoms with Crippen LogP contribution < -0.4 is 10.9 Å². The molecule has 2 rings (SSSR count). The molecule has 2 N–H and O–H groups in total. The molecule has 1 aliphatic carbocycles. The van der Waals surface area contributed by atoms with Crippen molar-refractivity contribution in [2.45, 2.75) is 38.6 Å². The number of aliphatic hydroxyl groups excluding tert-OH is 1. The first kappa shape index (κ1) is 15.9. The van der Waals surface area contributed by atoms with Gasteiger partial charge in [0.25, 0.3) is 5.56 Å². The van der Waals surface area contributed by atoms with Gasteiger partial charge in [0.2, 0.25) is 0 Å². The largest absolute Gasteiger partial charge is 0.396 e. The molecule has 1 saturated carbocycles. The maximum Gasteiger partial charge on any atom is 0.292 e. The van der Waals surface area contributed by atoms with E-state index in [4.69, 9.17) is 18.0 Å². The number of nitrogens with one attached hydrogen (secondary N) is 1. The van der Waals surface area contributed by atoms with Crippen LogP contribution in [-0.2, 0) is 6.54 Å². The van der Waals surface area contributed by atoms with Crippen LogP contribution in [-0.4, -0.2) is 28.0 Å². The first-order valence-electron chi connectivity index (χ1n) is 7.16. The number of aromatic nitrogens is 2. The molecule has 1 fully saturated rings. The third-order valence-corrected chi connectivity index (χ3v) is 4.42. The number of aliphatic hydroxyl groups is 1. The van der Waals surface area contributed by atoms with Crippen molar-refractivity contribution in [3.8, 4) is 12.3 Å². The van der Waals surface area contributed by atoms with Gasteiger partial charge < -0.3 is 10.4 Å². The fourth-order valence-corrected chi connectivity index (χ4v) is 2.99. The summed E-state index contributed by atoms with van der Waals surface area (Å²) in [6.07, 6.45) is 11.9. The number of halogens is 1. The first-order valence-corrected chi connectivity index (χ1v) is 7.53. The van der Waals surface area contributed by atoms with Crippen molar-refractivity contribution < 1.29 is 5.11 Å². The van der Waals surface area contributed by atoms with E-state index in [2.05, 4.69) is 16.3 Å². The zero-order valence-electron chi connectivity index (χ0n) is 11.9. The fraction of sp³-hybridized carbons (Fsp3) is 0.600. The lowest BCUT2D eigenvalue weighted by Crippen LogP contribution is -2.37. The summed E-state index contributed by atoms with van der Waals surface area (Å²) in [5, 5.41) is 17.0. The Bertz CT molecular complexity index is 586. The van der Waals surface area contributed by atoms with Crippen molar-refractivity contribution in [2.24, 2.45) is 5.41 Å². The Labute approximate surface area is 129 Å². The molecule has 0 amide bonds. The van der Waals surface area contributed by atoms with E-state index in [9.17, 15) is 9.90 Å². The Morgan fingerprint density at radius 1 is 1.48 bits per heavy atom. The molecule has 0 spiro atoms. The molecule has 1 aromatic heterocycles. The van der Waals surface area contributed by atoms with E-state index >= 15 is 0 Å². The van der Waals surface area contributed by atoms with Gasteiger partial charge in [-0.15, -0.1) is 6.42 Å². The normalized spacial score (nSPS) is 17.2. The summed E-state index contributed by atoms with van der Waals surface area (Å²) in [6, 6.07) is 0. The summed E-state index contributed by atoms with van der Waals surface area (Å²) in [6.45, 7) is 0.746. The highest BCUT2D eigenvalue weighted by molar-refractivity contribution is 6.32. The Morgan fingerprint density at radius 2 is 2.19 bits per heavy atom. The Hall–Kier alpha value is -1.51. The van der Waals surface area contributed by atoms with E-state index in [1.54, 1.807) is 0 Å². The third kappa shape index (κ3) is 3.58. The molecule has 0 saturated heterocycles. The van der Waals surface area contributed by atoms with Crippen molar-refractivity contribution >= 4 is 17.3 Å². The van der Waals surface area contributed by atoms with Crippen LogP contribution in [0.3, 0.4) is 0 Å². The predicted octanol–water partition coefficient (Wildman–Crippen LogP) is 1.88. The van der Waals surface area contributed by atoms with E-state index in [0.717, 1.165) is 25.7 Å². The molecule has 0 atom stereocenters. The number of hydrogen-bond donors (Lipinski definition) is 2. The van der Waals surface area contributed by atoms with E-state index < -0.39 is 0 Å². The van der Waals surface area contributed by atoms with Crippen LogP contribution in [0.5, 0.6) is 0 Å². The van der Waals surface area contributed by atoms with E-state index in [0.29, 0.717) is 12.2 Å². The van der Waals surface area contributed by atoms with Gasteiger partial charge in [-0.25, -0.2) is 4.68 Å². The lowest BCUT2D eigenvalue weighted by molar-refractivity contribution is 0.0943. The van der Waals surface area contributed by atoms with Crippen molar-refractivity contribution in [1.82, 2.24) is 9.78 Å².